The number of nitrogens with one attached hydrogen (secondary N) is 1. The van der Waals surface area contributed by atoms with Crippen LogP contribution in [0.4, 0.5) is 0 Å². The van der Waals surface area contributed by atoms with Gasteiger partial charge in [0.15, 0.2) is 0 Å². The fourth-order valence-electron chi connectivity index (χ4n) is 3.23. The molecule has 1 unspecified atom stereocenters. The summed E-state index contributed by atoms with van der Waals surface area (Å²) >= 11 is 1.71. The lowest BCUT2D eigenvalue weighted by Crippen LogP contribution is -2.34. The molecule has 1 N–H and O–H groups in total. The molecule has 2 aromatic heterocycles. The molecule has 3 rings (SSSR count). The maximum Gasteiger partial charge on any atom is 0.255 e. The van der Waals surface area contributed by atoms with Gasteiger partial charge >= 0.3 is 0 Å². The molecule has 0 spiro atoms. The largest absolute Gasteiger partial charge is 0.350 e. The summed E-state index contributed by atoms with van der Waals surface area (Å²) in [7, 11) is 4.07. The molecule has 27 heavy (non-hydrogen) atoms. The Kier molecular flexibility index (Phi) is 6.08. The van der Waals surface area contributed by atoms with E-state index < -0.39 is 0 Å². The smallest absolute Gasteiger partial charge is 0.255 e. The summed E-state index contributed by atoms with van der Waals surface area (Å²) in [5.41, 5.74) is 3.50. The van der Waals surface area contributed by atoms with E-state index in [2.05, 4.69) is 38.9 Å². The average Bonchev–Trinajstić information content (AvgIpc) is 3.25. The number of rotatable bonds is 7. The Hall–Kier alpha value is -2.44. The minimum absolute atomic E-state index is 0.0623. The minimum Gasteiger partial charge on any atom is -0.350 e. The Morgan fingerprint density at radius 3 is 2.56 bits per heavy atom. The molecule has 5 nitrogen and oxygen atoms in total. The van der Waals surface area contributed by atoms with Crippen molar-refractivity contribution < 1.29 is 4.79 Å². The van der Waals surface area contributed by atoms with Gasteiger partial charge in [-0.2, -0.15) is 5.10 Å². The Bertz CT molecular complexity index is 885. The van der Waals surface area contributed by atoms with Gasteiger partial charge in [0.1, 0.15) is 0 Å². The van der Waals surface area contributed by atoms with Crippen LogP contribution in [0.5, 0.6) is 0 Å². The standard InChI is InChI=1S/C21H26N4OS/c1-15-20(16(2)25(23-15)14-17-9-6-5-7-10-17)21(26)22-13-18(24(3)4)19-11-8-12-27-19/h5-12,18H,13-14H2,1-4H3,(H,22,26). The molecular weight excluding hydrogens is 356 g/mol. The number of aromatic nitrogens is 2. The van der Waals surface area contributed by atoms with Gasteiger partial charge in [-0.05, 0) is 45.0 Å². The Morgan fingerprint density at radius 2 is 1.93 bits per heavy atom. The van der Waals surface area contributed by atoms with Gasteiger partial charge in [0, 0.05) is 17.1 Å². The van der Waals surface area contributed by atoms with E-state index >= 15 is 0 Å². The van der Waals surface area contributed by atoms with E-state index in [0.29, 0.717) is 18.7 Å². The molecule has 1 amide bonds. The van der Waals surface area contributed by atoms with Crippen molar-refractivity contribution in [3.63, 3.8) is 0 Å². The predicted molar refractivity (Wildman–Crippen MR) is 110 cm³/mol. The molecule has 1 atom stereocenters. The van der Waals surface area contributed by atoms with Gasteiger partial charge < -0.3 is 10.2 Å². The number of benzene rings is 1. The minimum atomic E-state index is -0.0623. The Morgan fingerprint density at radius 1 is 1.19 bits per heavy atom. The van der Waals surface area contributed by atoms with E-state index in [1.165, 1.54) is 10.4 Å². The summed E-state index contributed by atoms with van der Waals surface area (Å²) in [6.45, 7) is 5.08. The Labute approximate surface area is 164 Å². The predicted octanol–water partition coefficient (Wildman–Crippen LogP) is 3.64. The quantitative estimate of drug-likeness (QED) is 0.679. The highest BCUT2D eigenvalue weighted by molar-refractivity contribution is 7.10. The first-order valence-corrected chi connectivity index (χ1v) is 9.91. The van der Waals surface area contributed by atoms with Gasteiger partial charge in [0.2, 0.25) is 0 Å². The fourth-order valence-corrected chi connectivity index (χ4v) is 4.15. The van der Waals surface area contributed by atoms with Crippen LogP contribution in [-0.4, -0.2) is 41.2 Å². The zero-order chi connectivity index (χ0) is 19.4. The van der Waals surface area contributed by atoms with Gasteiger partial charge in [-0.3, -0.25) is 9.48 Å². The van der Waals surface area contributed by atoms with Crippen LogP contribution < -0.4 is 5.32 Å². The SMILES string of the molecule is Cc1nn(Cc2ccccc2)c(C)c1C(=O)NCC(c1cccs1)N(C)C. The molecule has 0 bridgehead atoms. The lowest BCUT2D eigenvalue weighted by atomic mass is 10.1. The van der Waals surface area contributed by atoms with Crippen molar-refractivity contribution >= 4 is 17.2 Å². The van der Waals surface area contributed by atoms with Crippen LogP contribution in [0.3, 0.4) is 0 Å². The summed E-state index contributed by atoms with van der Waals surface area (Å²) in [6.07, 6.45) is 0. The third kappa shape index (κ3) is 4.46. The number of nitrogens with zero attached hydrogens (tertiary/aromatic N) is 3. The van der Waals surface area contributed by atoms with Crippen molar-refractivity contribution in [1.29, 1.82) is 0 Å². The second-order valence-electron chi connectivity index (χ2n) is 6.89. The van der Waals surface area contributed by atoms with Crippen LogP contribution in [0.25, 0.3) is 0 Å². The maximum absolute atomic E-state index is 12.9. The number of amides is 1. The van der Waals surface area contributed by atoms with Gasteiger partial charge in [0.05, 0.1) is 23.8 Å². The zero-order valence-electron chi connectivity index (χ0n) is 16.3. The van der Waals surface area contributed by atoms with Crippen molar-refractivity contribution in [2.75, 3.05) is 20.6 Å². The molecule has 0 aliphatic carbocycles. The van der Waals surface area contributed by atoms with Gasteiger partial charge in [-0.25, -0.2) is 0 Å². The van der Waals surface area contributed by atoms with E-state index in [9.17, 15) is 4.79 Å². The van der Waals surface area contributed by atoms with E-state index in [0.717, 1.165) is 11.4 Å². The third-order valence-electron chi connectivity index (χ3n) is 4.73. The first kappa shape index (κ1) is 19.3. The highest BCUT2D eigenvalue weighted by Crippen LogP contribution is 2.23. The lowest BCUT2D eigenvalue weighted by Gasteiger charge is -2.23. The molecular formula is C21H26N4OS. The maximum atomic E-state index is 12.9. The molecule has 0 fully saturated rings. The van der Waals surface area contributed by atoms with Crippen molar-refractivity contribution in [1.82, 2.24) is 20.0 Å². The van der Waals surface area contributed by atoms with Crippen molar-refractivity contribution in [3.8, 4) is 0 Å². The molecule has 0 radical (unpaired) electrons. The first-order chi connectivity index (χ1) is 13.0. The summed E-state index contributed by atoms with van der Waals surface area (Å²) in [5.74, 6) is -0.0623. The van der Waals surface area contributed by atoms with Crippen LogP contribution in [0, 0.1) is 13.8 Å². The van der Waals surface area contributed by atoms with Crippen molar-refractivity contribution in [2.45, 2.75) is 26.4 Å². The molecule has 142 valence electrons. The molecule has 0 saturated carbocycles. The van der Waals surface area contributed by atoms with Crippen LogP contribution in [0.15, 0.2) is 47.8 Å². The monoisotopic (exact) mass is 382 g/mol. The molecule has 6 heteroatoms. The molecule has 0 aliphatic heterocycles. The fraction of sp³-hybridized carbons (Fsp3) is 0.333. The second-order valence-corrected chi connectivity index (χ2v) is 7.87. The van der Waals surface area contributed by atoms with E-state index in [1.807, 2.05) is 56.9 Å². The summed E-state index contributed by atoms with van der Waals surface area (Å²) < 4.78 is 1.91. The third-order valence-corrected chi connectivity index (χ3v) is 5.71. The Balaban J connectivity index is 1.73. The van der Waals surface area contributed by atoms with Gasteiger partial charge in [0.25, 0.3) is 5.91 Å². The van der Waals surface area contributed by atoms with E-state index in [-0.39, 0.29) is 11.9 Å². The average molecular weight is 383 g/mol. The van der Waals surface area contributed by atoms with Crippen LogP contribution in [-0.2, 0) is 6.54 Å². The highest BCUT2D eigenvalue weighted by Gasteiger charge is 2.21. The normalized spacial score (nSPS) is 12.3. The van der Waals surface area contributed by atoms with Gasteiger partial charge in [-0.15, -0.1) is 11.3 Å². The van der Waals surface area contributed by atoms with Gasteiger partial charge in [-0.1, -0.05) is 36.4 Å². The number of likely N-dealkylation sites (N-methyl/N-ethyl adjacent to an activating group) is 1. The molecule has 0 saturated heterocycles. The lowest BCUT2D eigenvalue weighted by molar-refractivity contribution is 0.0941. The zero-order valence-corrected chi connectivity index (χ0v) is 17.1. The van der Waals surface area contributed by atoms with Crippen LogP contribution in [0.1, 0.15) is 38.2 Å². The van der Waals surface area contributed by atoms with E-state index in [1.54, 1.807) is 11.3 Å². The number of thiophene rings is 1. The number of carbonyl (C=O) groups excluding carboxylic acids is 1. The van der Waals surface area contributed by atoms with Crippen molar-refractivity contribution in [3.05, 3.63) is 75.2 Å². The highest BCUT2D eigenvalue weighted by atomic mass is 32.1. The van der Waals surface area contributed by atoms with Crippen LogP contribution >= 0.6 is 11.3 Å². The second kappa shape index (κ2) is 8.50. The van der Waals surface area contributed by atoms with Crippen molar-refractivity contribution in [2.24, 2.45) is 0 Å². The first-order valence-electron chi connectivity index (χ1n) is 9.03. The number of carbonyl (C=O) groups is 1. The topological polar surface area (TPSA) is 50.2 Å². The number of hydrogen-bond acceptors (Lipinski definition) is 4. The van der Waals surface area contributed by atoms with Crippen LogP contribution in [0.2, 0.25) is 0 Å². The molecule has 1 aromatic carbocycles. The summed E-state index contributed by atoms with van der Waals surface area (Å²) in [5, 5.41) is 9.75. The number of hydrogen-bond donors (Lipinski definition) is 1. The van der Waals surface area contributed by atoms with E-state index in [4.69, 9.17) is 0 Å². The molecule has 2 heterocycles. The summed E-state index contributed by atoms with van der Waals surface area (Å²) in [4.78, 5) is 16.2. The molecule has 0 aliphatic rings. The number of aryl methyl sites for hydroxylation is 1. The molecule has 3 aromatic rings. The summed E-state index contributed by atoms with van der Waals surface area (Å²) in [6, 6.07) is 14.5.